The number of hydrogen-bond donors (Lipinski definition) is 1. The first kappa shape index (κ1) is 15.9. The Morgan fingerprint density at radius 1 is 1.32 bits per heavy atom. The van der Waals surface area contributed by atoms with Crippen LogP contribution in [-0.4, -0.2) is 23.0 Å². The van der Waals surface area contributed by atoms with Gasteiger partial charge >= 0.3 is 0 Å². The van der Waals surface area contributed by atoms with Crippen molar-refractivity contribution in [2.75, 3.05) is 12.3 Å². The smallest absolute Gasteiger partial charge is 0.198 e. The summed E-state index contributed by atoms with van der Waals surface area (Å²) in [5, 5.41) is 0.731. The van der Waals surface area contributed by atoms with Gasteiger partial charge in [0.15, 0.2) is 16.7 Å². The molecular weight excluding hydrogens is 348 g/mol. The second-order valence-corrected chi connectivity index (χ2v) is 7.14. The SMILES string of the molecule is NCC1C[S+]([O-])c2cc(F)cc(-c3c(Cl)cccc3Cl)c2O1. The molecule has 0 spiro atoms. The highest BCUT2D eigenvalue weighted by Crippen LogP contribution is 2.45. The molecule has 2 N–H and O–H groups in total. The van der Waals surface area contributed by atoms with E-state index in [-0.39, 0.29) is 18.4 Å². The molecular formula is C15H12Cl2FNO2S. The van der Waals surface area contributed by atoms with Gasteiger partial charge in [-0.3, -0.25) is 0 Å². The van der Waals surface area contributed by atoms with E-state index in [1.54, 1.807) is 18.2 Å². The molecule has 0 radical (unpaired) electrons. The van der Waals surface area contributed by atoms with Crippen LogP contribution in [0.4, 0.5) is 4.39 Å². The molecule has 1 heterocycles. The van der Waals surface area contributed by atoms with Crippen molar-refractivity contribution >= 4 is 34.4 Å². The standard InChI is InChI=1S/C15H12Cl2FNO2S/c16-11-2-1-3-12(17)14(11)10-4-8(18)5-13-15(10)21-9(6-19)7-22(13)20/h1-5,9H,6-7,19H2. The molecule has 116 valence electrons. The Hall–Kier alpha value is -0.980. The third-order valence-electron chi connectivity index (χ3n) is 3.38. The summed E-state index contributed by atoms with van der Waals surface area (Å²) in [5.41, 5.74) is 6.46. The molecule has 2 atom stereocenters. The number of fused-ring (bicyclic) bond motifs is 1. The van der Waals surface area contributed by atoms with Crippen LogP contribution in [-0.2, 0) is 11.2 Å². The Morgan fingerprint density at radius 2 is 2.00 bits per heavy atom. The van der Waals surface area contributed by atoms with Gasteiger partial charge in [0.05, 0.1) is 10.0 Å². The second-order valence-electron chi connectivity index (χ2n) is 4.87. The third kappa shape index (κ3) is 2.79. The molecule has 2 unspecified atom stereocenters. The van der Waals surface area contributed by atoms with E-state index < -0.39 is 17.0 Å². The van der Waals surface area contributed by atoms with E-state index in [9.17, 15) is 8.94 Å². The minimum atomic E-state index is -1.38. The van der Waals surface area contributed by atoms with Gasteiger partial charge in [-0.2, -0.15) is 0 Å². The Labute approximate surface area is 140 Å². The highest BCUT2D eigenvalue weighted by Gasteiger charge is 2.34. The van der Waals surface area contributed by atoms with Crippen LogP contribution in [0, 0.1) is 5.82 Å². The Morgan fingerprint density at radius 3 is 2.64 bits per heavy atom. The van der Waals surface area contributed by atoms with Gasteiger partial charge in [0.1, 0.15) is 11.6 Å². The molecule has 0 aliphatic carbocycles. The number of hydrogen-bond acceptors (Lipinski definition) is 3. The Bertz CT molecular complexity index is 709. The lowest BCUT2D eigenvalue weighted by molar-refractivity contribution is 0.219. The van der Waals surface area contributed by atoms with E-state index in [2.05, 4.69) is 0 Å². The summed E-state index contributed by atoms with van der Waals surface area (Å²) >= 11 is 11.0. The molecule has 22 heavy (non-hydrogen) atoms. The van der Waals surface area contributed by atoms with Gasteiger partial charge in [0, 0.05) is 23.7 Å². The molecule has 2 aromatic carbocycles. The molecule has 1 aliphatic rings. The Balaban J connectivity index is 2.25. The van der Waals surface area contributed by atoms with Crippen molar-refractivity contribution in [2.45, 2.75) is 11.0 Å². The summed E-state index contributed by atoms with van der Waals surface area (Å²) in [6.07, 6.45) is -0.390. The minimum absolute atomic E-state index is 0.220. The topological polar surface area (TPSA) is 58.3 Å². The summed E-state index contributed by atoms with van der Waals surface area (Å²) in [6.45, 7) is 0.220. The largest absolute Gasteiger partial charge is 0.611 e. The third-order valence-corrected chi connectivity index (χ3v) is 5.48. The van der Waals surface area contributed by atoms with Crippen molar-refractivity contribution in [1.82, 2.24) is 0 Å². The van der Waals surface area contributed by atoms with E-state index in [4.69, 9.17) is 33.7 Å². The minimum Gasteiger partial charge on any atom is -0.611 e. The van der Waals surface area contributed by atoms with Gasteiger partial charge < -0.3 is 15.0 Å². The average molecular weight is 360 g/mol. The van der Waals surface area contributed by atoms with Crippen LogP contribution in [0.5, 0.6) is 5.75 Å². The molecule has 0 fully saturated rings. The molecule has 0 aromatic heterocycles. The molecule has 1 aliphatic heterocycles. The first-order valence-electron chi connectivity index (χ1n) is 6.54. The van der Waals surface area contributed by atoms with Crippen molar-refractivity contribution in [3.8, 4) is 16.9 Å². The summed E-state index contributed by atoms with van der Waals surface area (Å²) in [7, 11) is 0. The predicted octanol–water partition coefficient (Wildman–Crippen LogP) is 3.63. The fourth-order valence-corrected chi connectivity index (χ4v) is 4.31. The molecule has 3 nitrogen and oxygen atoms in total. The number of benzene rings is 2. The number of nitrogens with two attached hydrogens (primary N) is 1. The maximum absolute atomic E-state index is 14.0. The van der Waals surface area contributed by atoms with Gasteiger partial charge in [-0.05, 0) is 29.4 Å². The monoisotopic (exact) mass is 359 g/mol. The Kier molecular flexibility index (Phi) is 4.52. The molecule has 2 aromatic rings. The van der Waals surface area contributed by atoms with Gasteiger partial charge in [0.2, 0.25) is 0 Å². The lowest BCUT2D eigenvalue weighted by atomic mass is 10.0. The fraction of sp³-hybridized carbons (Fsp3) is 0.200. The van der Waals surface area contributed by atoms with Crippen molar-refractivity contribution in [3.63, 3.8) is 0 Å². The van der Waals surface area contributed by atoms with Crippen LogP contribution in [0.1, 0.15) is 0 Å². The van der Waals surface area contributed by atoms with Crippen LogP contribution in [0.15, 0.2) is 35.2 Å². The summed E-state index contributed by atoms with van der Waals surface area (Å²) in [4.78, 5) is 0.302. The van der Waals surface area contributed by atoms with Crippen molar-refractivity contribution in [1.29, 1.82) is 0 Å². The van der Waals surface area contributed by atoms with Crippen LogP contribution in [0.2, 0.25) is 10.0 Å². The molecule has 0 amide bonds. The number of ether oxygens (including phenoxy) is 1. The van der Waals surface area contributed by atoms with Gasteiger partial charge in [-0.15, -0.1) is 0 Å². The molecule has 3 rings (SSSR count). The summed E-state index contributed by atoms with van der Waals surface area (Å²) < 4.78 is 32.1. The van der Waals surface area contributed by atoms with Gasteiger partial charge in [-0.25, -0.2) is 4.39 Å². The predicted molar refractivity (Wildman–Crippen MR) is 86.6 cm³/mol. The molecule has 0 saturated carbocycles. The van der Waals surface area contributed by atoms with Crippen molar-refractivity contribution < 1.29 is 13.7 Å². The van der Waals surface area contributed by atoms with Gasteiger partial charge in [0.25, 0.3) is 0 Å². The van der Waals surface area contributed by atoms with Gasteiger partial charge in [-0.1, -0.05) is 29.3 Å². The fourth-order valence-electron chi connectivity index (χ4n) is 2.38. The number of rotatable bonds is 2. The number of halogens is 3. The average Bonchev–Trinajstić information content (AvgIpc) is 2.47. The molecule has 0 bridgehead atoms. The van der Waals surface area contributed by atoms with Crippen molar-refractivity contribution in [2.24, 2.45) is 5.73 Å². The molecule has 0 saturated heterocycles. The zero-order chi connectivity index (χ0) is 15.9. The highest BCUT2D eigenvalue weighted by molar-refractivity contribution is 7.91. The van der Waals surface area contributed by atoms with Crippen LogP contribution >= 0.6 is 23.2 Å². The van der Waals surface area contributed by atoms with Crippen molar-refractivity contribution in [3.05, 3.63) is 46.2 Å². The highest BCUT2D eigenvalue weighted by atomic mass is 35.5. The lowest BCUT2D eigenvalue weighted by Crippen LogP contribution is -2.38. The summed E-state index contributed by atoms with van der Waals surface area (Å²) in [5.74, 6) is 0.0483. The first-order valence-corrected chi connectivity index (χ1v) is 8.61. The quantitative estimate of drug-likeness (QED) is 0.832. The van der Waals surface area contributed by atoms with E-state index in [1.165, 1.54) is 12.1 Å². The van der Waals surface area contributed by atoms with E-state index in [1.807, 2.05) is 0 Å². The van der Waals surface area contributed by atoms with Crippen LogP contribution < -0.4 is 10.5 Å². The lowest BCUT2D eigenvalue weighted by Gasteiger charge is -2.28. The zero-order valence-electron chi connectivity index (χ0n) is 11.3. The second kappa shape index (κ2) is 6.26. The normalized spacial score (nSPS) is 20.4. The zero-order valence-corrected chi connectivity index (χ0v) is 13.6. The maximum atomic E-state index is 14.0. The van der Waals surface area contributed by atoms with E-state index >= 15 is 0 Å². The van der Waals surface area contributed by atoms with Crippen LogP contribution in [0.25, 0.3) is 11.1 Å². The maximum Gasteiger partial charge on any atom is 0.198 e. The van der Waals surface area contributed by atoms with E-state index in [0.29, 0.717) is 31.8 Å². The van der Waals surface area contributed by atoms with Crippen LogP contribution in [0.3, 0.4) is 0 Å². The first-order chi connectivity index (χ1) is 10.5. The molecule has 7 heteroatoms. The van der Waals surface area contributed by atoms with E-state index in [0.717, 1.165) is 0 Å². The summed E-state index contributed by atoms with van der Waals surface area (Å²) in [6, 6.07) is 7.50.